The number of pyridine rings is 1. The number of hydrogen-bond donors (Lipinski definition) is 1. The van der Waals surface area contributed by atoms with Crippen LogP contribution in [0.15, 0.2) is 52.1 Å². The Kier molecular flexibility index (Phi) is 7.47. The van der Waals surface area contributed by atoms with Gasteiger partial charge in [-0.3, -0.25) is 9.78 Å². The van der Waals surface area contributed by atoms with Gasteiger partial charge in [0.05, 0.1) is 5.92 Å². The largest absolute Gasteiger partial charge is 0.355 e. The molecule has 35 heavy (non-hydrogen) atoms. The van der Waals surface area contributed by atoms with E-state index >= 15 is 0 Å². The van der Waals surface area contributed by atoms with Crippen molar-refractivity contribution in [3.8, 4) is 0 Å². The Morgan fingerprint density at radius 3 is 2.83 bits per heavy atom. The number of aromatic nitrogens is 2. The lowest BCUT2D eigenvalue weighted by Gasteiger charge is -2.31. The van der Waals surface area contributed by atoms with E-state index in [1.807, 2.05) is 50.3 Å². The molecule has 1 aliphatic rings. The number of carbonyl (C=O) groups excluding carboxylic acids is 1. The summed E-state index contributed by atoms with van der Waals surface area (Å²) in [7, 11) is -3.90. The normalized spacial score (nSPS) is 17.1. The number of sulfonamides is 1. The lowest BCUT2D eigenvalue weighted by atomic mass is 9.99. The standard InChI is InChI=1S/C26H30N4O4S/c1-18-8-9-19(2)22(14-18)10-11-24-25(20(3)29-34-24)35(32,33)30-13-5-7-23(17-30)26(31)28-16-21-6-4-12-27-15-21/h4,6,8-12,14-15,23H,5,7,13,16-17H2,1-3H3,(H,28,31)/b11-10+. The Labute approximate surface area is 206 Å². The van der Waals surface area contributed by atoms with Crippen LogP contribution in [0.4, 0.5) is 0 Å². The van der Waals surface area contributed by atoms with E-state index in [4.69, 9.17) is 4.52 Å². The molecule has 1 atom stereocenters. The molecule has 3 heterocycles. The number of nitrogens with zero attached hydrogens (tertiary/aromatic N) is 3. The fourth-order valence-electron chi connectivity index (χ4n) is 4.24. The van der Waals surface area contributed by atoms with Crippen LogP contribution >= 0.6 is 0 Å². The van der Waals surface area contributed by atoms with Crippen LogP contribution < -0.4 is 5.32 Å². The van der Waals surface area contributed by atoms with Crippen LogP contribution in [0.3, 0.4) is 0 Å². The number of nitrogens with one attached hydrogen (secondary N) is 1. The zero-order valence-corrected chi connectivity index (χ0v) is 21.0. The van der Waals surface area contributed by atoms with Gasteiger partial charge in [0.2, 0.25) is 15.9 Å². The molecule has 4 rings (SSSR count). The number of carbonyl (C=O) groups is 1. The third kappa shape index (κ3) is 5.68. The third-order valence-electron chi connectivity index (χ3n) is 6.22. The quantitative estimate of drug-likeness (QED) is 0.534. The van der Waals surface area contributed by atoms with Crippen LogP contribution in [-0.4, -0.2) is 41.9 Å². The van der Waals surface area contributed by atoms with Gasteiger partial charge in [0.1, 0.15) is 5.69 Å². The highest BCUT2D eigenvalue weighted by atomic mass is 32.2. The molecule has 1 amide bonds. The number of piperidine rings is 1. The highest BCUT2D eigenvalue weighted by molar-refractivity contribution is 7.89. The summed E-state index contributed by atoms with van der Waals surface area (Å²) in [6.07, 6.45) is 8.09. The maximum atomic E-state index is 13.6. The lowest BCUT2D eigenvalue weighted by Crippen LogP contribution is -2.45. The second-order valence-corrected chi connectivity index (χ2v) is 10.8. The molecule has 184 valence electrons. The second kappa shape index (κ2) is 10.5. The topological polar surface area (TPSA) is 105 Å². The van der Waals surface area contributed by atoms with E-state index < -0.39 is 15.9 Å². The smallest absolute Gasteiger partial charge is 0.248 e. The molecule has 2 aromatic heterocycles. The van der Waals surface area contributed by atoms with Crippen LogP contribution in [0, 0.1) is 26.7 Å². The van der Waals surface area contributed by atoms with Gasteiger partial charge in [-0.15, -0.1) is 0 Å². The van der Waals surface area contributed by atoms with Crippen molar-refractivity contribution in [2.45, 2.75) is 45.1 Å². The van der Waals surface area contributed by atoms with Crippen LogP contribution in [0.25, 0.3) is 12.2 Å². The average molecular weight is 495 g/mol. The Morgan fingerprint density at radius 1 is 1.23 bits per heavy atom. The molecule has 3 aromatic rings. The summed E-state index contributed by atoms with van der Waals surface area (Å²) in [6, 6.07) is 9.77. The Balaban J connectivity index is 1.51. The van der Waals surface area contributed by atoms with E-state index in [0.29, 0.717) is 31.6 Å². The fourth-order valence-corrected chi connectivity index (χ4v) is 6.02. The number of amides is 1. The fraction of sp³-hybridized carbons (Fsp3) is 0.346. The van der Waals surface area contributed by atoms with Gasteiger partial charge in [-0.1, -0.05) is 41.1 Å². The summed E-state index contributed by atoms with van der Waals surface area (Å²) >= 11 is 0. The van der Waals surface area contributed by atoms with Crippen LogP contribution in [0.1, 0.15) is 46.5 Å². The first-order valence-electron chi connectivity index (χ1n) is 11.6. The molecule has 9 heteroatoms. The molecule has 0 spiro atoms. The summed E-state index contributed by atoms with van der Waals surface area (Å²) in [5, 5.41) is 6.83. The summed E-state index contributed by atoms with van der Waals surface area (Å²) in [6.45, 7) is 6.44. The monoisotopic (exact) mass is 494 g/mol. The maximum Gasteiger partial charge on any atom is 0.248 e. The molecule has 1 fully saturated rings. The van der Waals surface area contributed by atoms with Crippen molar-refractivity contribution >= 4 is 28.1 Å². The second-order valence-electron chi connectivity index (χ2n) is 8.94. The van der Waals surface area contributed by atoms with E-state index in [9.17, 15) is 13.2 Å². The van der Waals surface area contributed by atoms with Crippen LogP contribution in [-0.2, 0) is 21.4 Å². The van der Waals surface area contributed by atoms with Gasteiger partial charge in [0, 0.05) is 32.0 Å². The zero-order chi connectivity index (χ0) is 25.0. The highest BCUT2D eigenvalue weighted by Crippen LogP contribution is 2.29. The van der Waals surface area contributed by atoms with Gasteiger partial charge in [-0.25, -0.2) is 8.42 Å². The Morgan fingerprint density at radius 2 is 2.06 bits per heavy atom. The number of rotatable bonds is 7. The van der Waals surface area contributed by atoms with Crippen molar-refractivity contribution < 1.29 is 17.7 Å². The van der Waals surface area contributed by atoms with Crippen molar-refractivity contribution in [2.24, 2.45) is 5.92 Å². The first-order chi connectivity index (χ1) is 16.8. The van der Waals surface area contributed by atoms with E-state index in [0.717, 1.165) is 22.3 Å². The molecule has 8 nitrogen and oxygen atoms in total. The highest BCUT2D eigenvalue weighted by Gasteiger charge is 2.36. The Hall–Kier alpha value is -3.30. The number of benzene rings is 1. The van der Waals surface area contributed by atoms with Crippen molar-refractivity contribution in [3.63, 3.8) is 0 Å². The van der Waals surface area contributed by atoms with Crippen molar-refractivity contribution in [1.82, 2.24) is 19.8 Å². The van der Waals surface area contributed by atoms with E-state index in [-0.39, 0.29) is 23.1 Å². The van der Waals surface area contributed by atoms with Crippen LogP contribution in [0.5, 0.6) is 0 Å². The third-order valence-corrected chi connectivity index (χ3v) is 8.25. The summed E-state index contributed by atoms with van der Waals surface area (Å²) in [5.74, 6) is -0.401. The van der Waals surface area contributed by atoms with Gasteiger partial charge in [0.15, 0.2) is 10.7 Å². The van der Waals surface area contributed by atoms with Crippen LogP contribution in [0.2, 0.25) is 0 Å². The predicted molar refractivity (Wildman–Crippen MR) is 134 cm³/mol. The predicted octanol–water partition coefficient (Wildman–Crippen LogP) is 3.88. The van der Waals surface area contributed by atoms with Crippen molar-refractivity contribution in [3.05, 3.63) is 76.4 Å². The SMILES string of the molecule is Cc1ccc(C)c(/C=C/c2onc(C)c2S(=O)(=O)N2CCCC(C(=O)NCc3cccnc3)C2)c1. The first kappa shape index (κ1) is 24.8. The van der Waals surface area contributed by atoms with Gasteiger partial charge >= 0.3 is 0 Å². The molecule has 0 radical (unpaired) electrons. The summed E-state index contributed by atoms with van der Waals surface area (Å²) < 4.78 is 34.0. The van der Waals surface area contributed by atoms with Gasteiger partial charge in [-0.2, -0.15) is 4.31 Å². The minimum Gasteiger partial charge on any atom is -0.355 e. The van der Waals surface area contributed by atoms with Crippen molar-refractivity contribution in [2.75, 3.05) is 13.1 Å². The molecule has 0 aliphatic carbocycles. The molecular weight excluding hydrogens is 464 g/mol. The van der Waals surface area contributed by atoms with E-state index in [2.05, 4.69) is 15.5 Å². The summed E-state index contributed by atoms with van der Waals surface area (Å²) in [4.78, 5) is 16.9. The zero-order valence-electron chi connectivity index (χ0n) is 20.2. The number of aryl methyl sites for hydroxylation is 3. The molecule has 0 bridgehead atoms. The first-order valence-corrected chi connectivity index (χ1v) is 13.1. The molecule has 1 unspecified atom stereocenters. The molecule has 0 saturated carbocycles. The summed E-state index contributed by atoms with van der Waals surface area (Å²) in [5.41, 5.74) is 4.35. The minimum atomic E-state index is -3.90. The van der Waals surface area contributed by atoms with Gasteiger partial charge in [-0.05, 0) is 62.4 Å². The Bertz CT molecular complexity index is 1330. The molecule has 1 aliphatic heterocycles. The molecule has 1 N–H and O–H groups in total. The lowest BCUT2D eigenvalue weighted by molar-refractivity contribution is -0.126. The van der Waals surface area contributed by atoms with Gasteiger partial charge in [0.25, 0.3) is 0 Å². The average Bonchev–Trinajstić information content (AvgIpc) is 3.24. The van der Waals surface area contributed by atoms with E-state index in [1.165, 1.54) is 4.31 Å². The number of hydrogen-bond acceptors (Lipinski definition) is 6. The van der Waals surface area contributed by atoms with E-state index in [1.54, 1.807) is 25.4 Å². The molecule has 1 aromatic carbocycles. The maximum absolute atomic E-state index is 13.6. The minimum absolute atomic E-state index is 0.0514. The molecular formula is C26H30N4O4S. The van der Waals surface area contributed by atoms with Gasteiger partial charge < -0.3 is 9.84 Å². The van der Waals surface area contributed by atoms with Crippen molar-refractivity contribution in [1.29, 1.82) is 0 Å². The molecule has 1 saturated heterocycles.